The molecule has 3 heterocycles. The fourth-order valence-electron chi connectivity index (χ4n) is 3.72. The second-order valence-electron chi connectivity index (χ2n) is 7.55. The number of hydrogen-bond acceptors (Lipinski definition) is 6. The van der Waals surface area contributed by atoms with Gasteiger partial charge in [-0.15, -0.1) is 11.3 Å². The fourth-order valence-corrected chi connectivity index (χ4v) is 5.36. The molecule has 2 aliphatic rings. The number of carbonyl (C=O) groups is 2. The number of para-hydroxylation sites is 1. The van der Waals surface area contributed by atoms with Crippen LogP contribution in [0.1, 0.15) is 22.4 Å². The Morgan fingerprint density at radius 2 is 2.00 bits per heavy atom. The third-order valence-electron chi connectivity index (χ3n) is 5.28. The van der Waals surface area contributed by atoms with Gasteiger partial charge in [-0.25, -0.2) is 9.38 Å². The Morgan fingerprint density at radius 3 is 2.82 bits per heavy atom. The molecule has 2 amide bonds. The molecule has 9 heteroatoms. The Bertz CT molecular complexity index is 1270. The van der Waals surface area contributed by atoms with Gasteiger partial charge in [-0.05, 0) is 41.3 Å². The van der Waals surface area contributed by atoms with Crippen LogP contribution in [0.4, 0.5) is 10.1 Å². The SMILES string of the molecule is O=C(CC1C(=O)N=C2c3ccccc3N=C(SCc3cccc(F)c3)N21)NCc1cccs1. The zero-order valence-electron chi connectivity index (χ0n) is 17.4. The van der Waals surface area contributed by atoms with E-state index in [4.69, 9.17) is 4.99 Å². The van der Waals surface area contributed by atoms with Gasteiger partial charge < -0.3 is 5.32 Å². The van der Waals surface area contributed by atoms with Gasteiger partial charge in [0.15, 0.2) is 5.17 Å². The minimum atomic E-state index is -0.768. The molecule has 5 rings (SSSR count). The molecule has 1 N–H and O–H groups in total. The molecule has 33 heavy (non-hydrogen) atoms. The predicted molar refractivity (Wildman–Crippen MR) is 129 cm³/mol. The van der Waals surface area contributed by atoms with Gasteiger partial charge in [0.25, 0.3) is 5.91 Å². The normalized spacial score (nSPS) is 16.7. The molecule has 1 aromatic heterocycles. The van der Waals surface area contributed by atoms with E-state index in [2.05, 4.69) is 10.3 Å². The van der Waals surface area contributed by atoms with E-state index < -0.39 is 6.04 Å². The van der Waals surface area contributed by atoms with Gasteiger partial charge in [-0.1, -0.05) is 42.1 Å². The summed E-state index contributed by atoms with van der Waals surface area (Å²) in [5.74, 6) is 0.0680. The van der Waals surface area contributed by atoms with Crippen LogP contribution >= 0.6 is 23.1 Å². The van der Waals surface area contributed by atoms with E-state index >= 15 is 0 Å². The Labute approximate surface area is 198 Å². The van der Waals surface area contributed by atoms with E-state index in [-0.39, 0.29) is 24.1 Å². The van der Waals surface area contributed by atoms with Crippen molar-refractivity contribution in [1.82, 2.24) is 10.2 Å². The van der Waals surface area contributed by atoms with Crippen LogP contribution in [0.5, 0.6) is 0 Å². The lowest BCUT2D eigenvalue weighted by atomic mass is 10.1. The maximum absolute atomic E-state index is 13.6. The van der Waals surface area contributed by atoms with E-state index in [0.29, 0.717) is 29.0 Å². The summed E-state index contributed by atoms with van der Waals surface area (Å²) < 4.78 is 13.6. The van der Waals surface area contributed by atoms with Crippen molar-refractivity contribution in [3.63, 3.8) is 0 Å². The molecule has 0 saturated heterocycles. The van der Waals surface area contributed by atoms with E-state index in [1.54, 1.807) is 22.3 Å². The van der Waals surface area contributed by atoms with Crippen molar-refractivity contribution >= 4 is 51.6 Å². The van der Waals surface area contributed by atoms with Crippen molar-refractivity contribution < 1.29 is 14.0 Å². The first-order valence-electron chi connectivity index (χ1n) is 10.3. The summed E-state index contributed by atoms with van der Waals surface area (Å²) in [4.78, 5) is 37.4. The van der Waals surface area contributed by atoms with Crippen LogP contribution in [0.3, 0.4) is 0 Å². The molecular formula is C24H19FN4O2S2. The summed E-state index contributed by atoms with van der Waals surface area (Å²) in [6.07, 6.45) is -0.0288. The van der Waals surface area contributed by atoms with Crippen molar-refractivity contribution in [2.45, 2.75) is 24.8 Å². The maximum atomic E-state index is 13.6. The Morgan fingerprint density at radius 1 is 1.12 bits per heavy atom. The van der Waals surface area contributed by atoms with Crippen LogP contribution in [0, 0.1) is 5.82 Å². The van der Waals surface area contributed by atoms with E-state index in [0.717, 1.165) is 16.0 Å². The zero-order chi connectivity index (χ0) is 22.8. The lowest BCUT2D eigenvalue weighted by Crippen LogP contribution is -2.45. The first kappa shape index (κ1) is 21.5. The average Bonchev–Trinajstić information content (AvgIpc) is 3.45. The molecule has 2 aromatic carbocycles. The highest BCUT2D eigenvalue weighted by molar-refractivity contribution is 8.13. The van der Waals surface area contributed by atoms with Gasteiger partial charge in [0.2, 0.25) is 5.91 Å². The van der Waals surface area contributed by atoms with E-state index in [1.807, 2.05) is 47.8 Å². The van der Waals surface area contributed by atoms with E-state index in [1.165, 1.54) is 23.9 Å². The summed E-state index contributed by atoms with van der Waals surface area (Å²) in [7, 11) is 0. The molecule has 0 aliphatic carbocycles. The number of fused-ring (bicyclic) bond motifs is 3. The number of rotatable bonds is 6. The molecule has 2 aliphatic heterocycles. The topological polar surface area (TPSA) is 74.1 Å². The second-order valence-corrected chi connectivity index (χ2v) is 9.52. The molecule has 6 nitrogen and oxygen atoms in total. The number of amides is 2. The highest BCUT2D eigenvalue weighted by atomic mass is 32.2. The average molecular weight is 479 g/mol. The molecule has 1 atom stereocenters. The number of aliphatic imine (C=N–C) groups is 2. The number of nitrogens with one attached hydrogen (secondary N) is 1. The van der Waals surface area contributed by atoms with E-state index in [9.17, 15) is 14.0 Å². The Hall–Kier alpha value is -3.30. The molecule has 0 spiro atoms. The van der Waals surface area contributed by atoms with Crippen LogP contribution in [-0.2, 0) is 21.9 Å². The standard InChI is InChI=1S/C24H19FN4O2S2/c25-16-6-3-5-15(11-16)14-33-24-27-19-9-2-1-8-18(19)22-28-23(31)20(29(22)24)12-21(30)26-13-17-7-4-10-32-17/h1-11,20H,12-14H2,(H,26,30). The third kappa shape index (κ3) is 4.60. The van der Waals surface area contributed by atoms with Crippen LogP contribution in [-0.4, -0.2) is 33.8 Å². The van der Waals surface area contributed by atoms with Crippen molar-refractivity contribution in [3.05, 3.63) is 87.9 Å². The third-order valence-corrected chi connectivity index (χ3v) is 7.18. The maximum Gasteiger partial charge on any atom is 0.271 e. The summed E-state index contributed by atoms with van der Waals surface area (Å²) >= 11 is 2.95. The van der Waals surface area contributed by atoms with Crippen LogP contribution in [0.25, 0.3) is 0 Å². The van der Waals surface area contributed by atoms with Crippen LogP contribution in [0.2, 0.25) is 0 Å². The summed E-state index contributed by atoms with van der Waals surface area (Å²) in [6, 6.07) is 17.0. The number of nitrogens with zero attached hydrogens (tertiary/aromatic N) is 3. The molecule has 0 bridgehead atoms. The van der Waals surface area contributed by atoms with Crippen molar-refractivity contribution in [2.24, 2.45) is 9.98 Å². The van der Waals surface area contributed by atoms with Gasteiger partial charge in [0, 0.05) is 16.2 Å². The van der Waals surface area contributed by atoms with Crippen LogP contribution < -0.4 is 5.32 Å². The predicted octanol–water partition coefficient (Wildman–Crippen LogP) is 4.49. The van der Waals surface area contributed by atoms with Gasteiger partial charge in [0.05, 0.1) is 18.7 Å². The van der Waals surface area contributed by atoms with Gasteiger partial charge in [-0.3, -0.25) is 14.5 Å². The van der Waals surface area contributed by atoms with Crippen molar-refractivity contribution in [2.75, 3.05) is 0 Å². The highest BCUT2D eigenvalue weighted by Crippen LogP contribution is 2.35. The largest absolute Gasteiger partial charge is 0.351 e. The molecule has 0 radical (unpaired) electrons. The van der Waals surface area contributed by atoms with Crippen molar-refractivity contribution in [1.29, 1.82) is 0 Å². The minimum absolute atomic E-state index is 0.0288. The molecule has 3 aromatic rings. The van der Waals surface area contributed by atoms with Gasteiger partial charge in [-0.2, -0.15) is 4.99 Å². The number of hydrogen-bond donors (Lipinski definition) is 1. The molecule has 1 unspecified atom stereocenters. The lowest BCUT2D eigenvalue weighted by molar-refractivity contribution is -0.126. The van der Waals surface area contributed by atoms with Crippen molar-refractivity contribution in [3.8, 4) is 0 Å². The molecular weight excluding hydrogens is 459 g/mol. The first-order chi connectivity index (χ1) is 16.1. The smallest absolute Gasteiger partial charge is 0.271 e. The number of benzene rings is 2. The highest BCUT2D eigenvalue weighted by Gasteiger charge is 2.42. The lowest BCUT2D eigenvalue weighted by Gasteiger charge is -2.30. The van der Waals surface area contributed by atoms with Crippen LogP contribution in [0.15, 0.2) is 76.0 Å². The molecule has 166 valence electrons. The number of carbonyl (C=O) groups excluding carboxylic acids is 2. The number of thioether (sulfide) groups is 1. The number of thiophene rings is 1. The quantitative estimate of drug-likeness (QED) is 0.567. The molecule has 0 saturated carbocycles. The summed E-state index contributed by atoms with van der Waals surface area (Å²) in [5.41, 5.74) is 2.27. The second kappa shape index (κ2) is 9.29. The number of amidine groups is 2. The monoisotopic (exact) mass is 478 g/mol. The zero-order valence-corrected chi connectivity index (χ0v) is 19.0. The first-order valence-corrected chi connectivity index (χ1v) is 12.2. The van der Waals surface area contributed by atoms with Gasteiger partial charge in [0.1, 0.15) is 17.7 Å². The fraction of sp³-hybridized carbons (Fsp3) is 0.167. The summed E-state index contributed by atoms with van der Waals surface area (Å²) in [6.45, 7) is 0.420. The minimum Gasteiger partial charge on any atom is -0.351 e. The van der Waals surface area contributed by atoms with Gasteiger partial charge >= 0.3 is 0 Å². The number of halogens is 1. The summed E-state index contributed by atoms with van der Waals surface area (Å²) in [5, 5.41) is 5.40. The Kier molecular flexibility index (Phi) is 6.06. The molecule has 0 fully saturated rings. The Balaban J connectivity index is 1.38.